The van der Waals surface area contributed by atoms with Crippen LogP contribution in [0.1, 0.15) is 12.2 Å². The minimum atomic E-state index is -0.959. The third kappa shape index (κ3) is 3.66. The van der Waals surface area contributed by atoms with Crippen LogP contribution in [0.15, 0.2) is 35.7 Å². The van der Waals surface area contributed by atoms with Crippen LogP contribution >= 0.6 is 11.3 Å². The van der Waals surface area contributed by atoms with Gasteiger partial charge in [0.15, 0.2) is 0 Å². The zero-order chi connectivity index (χ0) is 20.6. The highest BCUT2D eigenvalue weighted by molar-refractivity contribution is 7.17. The summed E-state index contributed by atoms with van der Waals surface area (Å²) in [6.45, 7) is 4.73. The number of aliphatic hydroxyl groups is 1. The molecule has 2 fully saturated rings. The van der Waals surface area contributed by atoms with Gasteiger partial charge in [-0.25, -0.2) is 9.97 Å². The smallest absolute Gasteiger partial charge is 0.146 e. The number of anilines is 1. The van der Waals surface area contributed by atoms with Crippen LogP contribution in [-0.4, -0.2) is 65.0 Å². The normalized spacial score (nSPS) is 18.9. The van der Waals surface area contributed by atoms with E-state index in [2.05, 4.69) is 33.4 Å². The van der Waals surface area contributed by atoms with Crippen LogP contribution in [-0.2, 0) is 11.3 Å². The lowest BCUT2D eigenvalue weighted by atomic mass is 9.90. The van der Waals surface area contributed by atoms with Crippen LogP contribution in [0.5, 0.6) is 0 Å². The van der Waals surface area contributed by atoms with E-state index in [4.69, 9.17) is 20.0 Å². The second kappa shape index (κ2) is 7.93. The first-order chi connectivity index (χ1) is 14.6. The summed E-state index contributed by atoms with van der Waals surface area (Å²) in [5, 5.41) is 22.7. The second-order valence-electron chi connectivity index (χ2n) is 7.96. The fourth-order valence-electron chi connectivity index (χ4n) is 4.13. The van der Waals surface area contributed by atoms with Gasteiger partial charge in [-0.2, -0.15) is 5.26 Å². The molecule has 0 amide bonds. The summed E-state index contributed by atoms with van der Waals surface area (Å²) < 4.78 is 5.45. The van der Waals surface area contributed by atoms with E-state index in [0.29, 0.717) is 19.6 Å². The van der Waals surface area contributed by atoms with E-state index in [9.17, 15) is 5.11 Å². The molecule has 30 heavy (non-hydrogen) atoms. The van der Waals surface area contributed by atoms with Gasteiger partial charge in [0.05, 0.1) is 50.7 Å². The van der Waals surface area contributed by atoms with Crippen LogP contribution in [0, 0.1) is 11.3 Å². The Balaban J connectivity index is 1.54. The molecule has 2 aromatic heterocycles. The lowest BCUT2D eigenvalue weighted by Crippen LogP contribution is -2.62. The number of aromatic nitrogens is 2. The van der Waals surface area contributed by atoms with Crippen molar-refractivity contribution in [1.82, 2.24) is 14.9 Å². The Morgan fingerprint density at radius 3 is 2.67 bits per heavy atom. The molecule has 0 bridgehead atoms. The van der Waals surface area contributed by atoms with Crippen LogP contribution in [0.25, 0.3) is 21.3 Å². The molecule has 2 aliphatic heterocycles. The molecule has 0 aliphatic carbocycles. The van der Waals surface area contributed by atoms with Gasteiger partial charge >= 0.3 is 0 Å². The Labute approximate surface area is 179 Å². The number of β-amino-alcohol motifs (C(OH)–C–C–N with tert-alkyl or cyclic N) is 1. The highest BCUT2D eigenvalue weighted by Crippen LogP contribution is 2.41. The van der Waals surface area contributed by atoms with Crippen LogP contribution in [0.4, 0.5) is 5.82 Å². The Kier molecular flexibility index (Phi) is 5.13. The monoisotopic (exact) mass is 421 g/mol. The van der Waals surface area contributed by atoms with Gasteiger partial charge in [-0.05, 0) is 5.56 Å². The minimum absolute atomic E-state index is 0.132. The summed E-state index contributed by atoms with van der Waals surface area (Å²) in [7, 11) is 0. The summed E-state index contributed by atoms with van der Waals surface area (Å²) in [5.74, 6) is 1.64. The molecule has 2 saturated heterocycles. The Hall–Kier alpha value is -2.57. The maximum absolute atomic E-state index is 10.6. The standard InChI is InChI=1S/C22H23N5O2S/c23-7-6-22(28)14-27(15-22)20-19-17(16-4-2-1-3-5-16)13-30-21(19)25-18(24-20)12-26-8-10-29-11-9-26/h1-5,13,28H,6,8-12,14-15H2. The van der Waals surface area contributed by atoms with Crippen molar-refractivity contribution in [1.29, 1.82) is 5.26 Å². The number of rotatable bonds is 5. The van der Waals surface area contributed by atoms with Crippen molar-refractivity contribution in [3.63, 3.8) is 0 Å². The van der Waals surface area contributed by atoms with Gasteiger partial charge < -0.3 is 14.7 Å². The molecule has 8 heteroatoms. The first-order valence-corrected chi connectivity index (χ1v) is 11.0. The number of hydrogen-bond acceptors (Lipinski definition) is 8. The molecule has 4 heterocycles. The third-order valence-corrected chi connectivity index (χ3v) is 6.56. The van der Waals surface area contributed by atoms with E-state index in [-0.39, 0.29) is 6.42 Å². The average Bonchev–Trinajstić information content (AvgIpc) is 3.17. The van der Waals surface area contributed by atoms with Gasteiger partial charge in [-0.15, -0.1) is 11.3 Å². The van der Waals surface area contributed by atoms with Crippen LogP contribution in [0.2, 0.25) is 0 Å². The maximum atomic E-state index is 10.6. The first kappa shape index (κ1) is 19.4. The van der Waals surface area contributed by atoms with E-state index in [1.54, 1.807) is 11.3 Å². The minimum Gasteiger partial charge on any atom is -0.385 e. The van der Waals surface area contributed by atoms with E-state index in [0.717, 1.165) is 59.3 Å². The summed E-state index contributed by atoms with van der Waals surface area (Å²) in [6, 6.07) is 12.3. The molecule has 154 valence electrons. The molecule has 0 spiro atoms. The summed E-state index contributed by atoms with van der Waals surface area (Å²) in [4.78, 5) is 15.2. The molecule has 0 unspecified atom stereocenters. The zero-order valence-corrected chi connectivity index (χ0v) is 17.4. The highest BCUT2D eigenvalue weighted by atomic mass is 32.1. The van der Waals surface area contributed by atoms with Crippen molar-refractivity contribution in [3.8, 4) is 17.2 Å². The molecule has 7 nitrogen and oxygen atoms in total. The highest BCUT2D eigenvalue weighted by Gasteiger charge is 2.42. The van der Waals surface area contributed by atoms with Crippen LogP contribution < -0.4 is 4.90 Å². The van der Waals surface area contributed by atoms with E-state index in [1.165, 1.54) is 0 Å². The number of hydrogen-bond donors (Lipinski definition) is 1. The van der Waals surface area contributed by atoms with Gasteiger partial charge in [0, 0.05) is 24.0 Å². The number of morpholine rings is 1. The molecule has 0 radical (unpaired) electrons. The SMILES string of the molecule is N#CCC1(O)CN(c2nc(CN3CCOCC3)nc3scc(-c4ccccc4)c23)C1. The lowest BCUT2D eigenvalue weighted by molar-refractivity contribution is 0.0162. The third-order valence-electron chi connectivity index (χ3n) is 5.69. The largest absolute Gasteiger partial charge is 0.385 e. The Morgan fingerprint density at radius 2 is 1.93 bits per heavy atom. The Morgan fingerprint density at radius 1 is 1.17 bits per heavy atom. The molecular weight excluding hydrogens is 398 g/mol. The number of nitriles is 1. The number of nitrogens with zero attached hydrogens (tertiary/aromatic N) is 5. The Bertz CT molecular complexity index is 1080. The van der Waals surface area contributed by atoms with Crippen molar-refractivity contribution in [2.24, 2.45) is 0 Å². The van der Waals surface area contributed by atoms with E-state index < -0.39 is 5.60 Å². The van der Waals surface area contributed by atoms with Gasteiger partial charge in [0.25, 0.3) is 0 Å². The summed E-state index contributed by atoms with van der Waals surface area (Å²) >= 11 is 1.63. The van der Waals surface area contributed by atoms with E-state index >= 15 is 0 Å². The van der Waals surface area contributed by atoms with Crippen LogP contribution in [0.3, 0.4) is 0 Å². The quantitative estimate of drug-likeness (QED) is 0.678. The van der Waals surface area contributed by atoms with E-state index in [1.807, 2.05) is 18.2 Å². The molecule has 1 N–H and O–H groups in total. The van der Waals surface area contributed by atoms with Gasteiger partial charge in [0.2, 0.25) is 0 Å². The molecule has 1 aromatic carbocycles. The van der Waals surface area contributed by atoms with Gasteiger partial charge in [-0.1, -0.05) is 30.3 Å². The fourth-order valence-corrected chi connectivity index (χ4v) is 5.09. The molecular formula is C22H23N5O2S. The molecule has 0 saturated carbocycles. The zero-order valence-electron chi connectivity index (χ0n) is 16.6. The molecule has 2 aliphatic rings. The van der Waals surface area contributed by atoms with Gasteiger partial charge in [-0.3, -0.25) is 4.90 Å². The molecule has 0 atom stereocenters. The van der Waals surface area contributed by atoms with Crippen molar-refractivity contribution in [2.45, 2.75) is 18.6 Å². The van der Waals surface area contributed by atoms with Crippen molar-refractivity contribution < 1.29 is 9.84 Å². The molecule has 3 aromatic rings. The number of fused-ring (bicyclic) bond motifs is 1. The van der Waals surface area contributed by atoms with Crippen molar-refractivity contribution in [2.75, 3.05) is 44.3 Å². The van der Waals surface area contributed by atoms with Crippen molar-refractivity contribution >= 4 is 27.4 Å². The fraction of sp³-hybridized carbons (Fsp3) is 0.409. The average molecular weight is 422 g/mol. The first-order valence-electron chi connectivity index (χ1n) is 10.1. The van der Waals surface area contributed by atoms with Gasteiger partial charge in [0.1, 0.15) is 22.1 Å². The lowest BCUT2D eigenvalue weighted by Gasteiger charge is -2.46. The number of thiophene rings is 1. The second-order valence-corrected chi connectivity index (χ2v) is 8.82. The number of ether oxygens (including phenoxy) is 1. The topological polar surface area (TPSA) is 85.5 Å². The predicted octanol–water partition coefficient (Wildman–Crippen LogP) is 2.66. The van der Waals surface area contributed by atoms with Crippen molar-refractivity contribution in [3.05, 3.63) is 41.5 Å². The summed E-state index contributed by atoms with van der Waals surface area (Å²) in [6.07, 6.45) is 0.132. The predicted molar refractivity (Wildman–Crippen MR) is 116 cm³/mol. The maximum Gasteiger partial charge on any atom is 0.146 e. The number of benzene rings is 1. The molecule has 5 rings (SSSR count). The summed E-state index contributed by atoms with van der Waals surface area (Å²) in [5.41, 5.74) is 1.28.